The molecule has 0 unspecified atom stereocenters. The van der Waals surface area contributed by atoms with Crippen molar-refractivity contribution in [3.63, 3.8) is 0 Å². The lowest BCUT2D eigenvalue weighted by atomic mass is 9.66. The standard InChI is InChI=1S/C23H28ClFN2O/c24-20-12-18(15-27-16-20)14-26-10-8-22(19-4-3-5-21(25)13-19)9-11-28-23(17-22)6-1-2-7-23/h3-5,12-13,15-16,26H,1-2,6-11,14,17H2/t22-/m0/s1. The Labute approximate surface area is 171 Å². The Morgan fingerprint density at radius 3 is 2.79 bits per heavy atom. The molecule has 0 amide bonds. The van der Waals surface area contributed by atoms with Gasteiger partial charge in [-0.15, -0.1) is 0 Å². The number of hydrogen-bond acceptors (Lipinski definition) is 3. The second-order valence-electron chi connectivity index (χ2n) is 8.39. The first-order chi connectivity index (χ1) is 13.6. The van der Waals surface area contributed by atoms with Gasteiger partial charge in [0.05, 0.1) is 10.6 Å². The molecule has 28 heavy (non-hydrogen) atoms. The van der Waals surface area contributed by atoms with E-state index in [-0.39, 0.29) is 16.8 Å². The van der Waals surface area contributed by atoms with Crippen LogP contribution in [0.15, 0.2) is 42.7 Å². The van der Waals surface area contributed by atoms with E-state index in [1.807, 2.05) is 18.3 Å². The van der Waals surface area contributed by atoms with E-state index in [0.29, 0.717) is 5.02 Å². The Bertz CT molecular complexity index is 809. The van der Waals surface area contributed by atoms with Gasteiger partial charge in [0.25, 0.3) is 0 Å². The third-order valence-corrected chi connectivity index (χ3v) is 6.68. The van der Waals surface area contributed by atoms with Crippen LogP contribution in [0.3, 0.4) is 0 Å². The fourth-order valence-corrected chi connectivity index (χ4v) is 5.29. The number of nitrogens with zero attached hydrogens (tertiary/aromatic N) is 1. The summed E-state index contributed by atoms with van der Waals surface area (Å²) in [6.45, 7) is 2.35. The van der Waals surface area contributed by atoms with Crippen LogP contribution in [0.2, 0.25) is 5.02 Å². The molecule has 2 aliphatic rings. The molecule has 1 aromatic heterocycles. The van der Waals surface area contributed by atoms with Gasteiger partial charge in [-0.05, 0) is 68.0 Å². The molecular formula is C23H28ClFN2O. The van der Waals surface area contributed by atoms with E-state index in [1.165, 1.54) is 18.9 Å². The van der Waals surface area contributed by atoms with Gasteiger partial charge in [-0.2, -0.15) is 0 Å². The number of hydrogen-bond donors (Lipinski definition) is 1. The Morgan fingerprint density at radius 1 is 1.14 bits per heavy atom. The molecule has 4 rings (SSSR count). The summed E-state index contributed by atoms with van der Waals surface area (Å²) in [6.07, 6.45) is 11.1. The van der Waals surface area contributed by atoms with Gasteiger partial charge in [0.15, 0.2) is 0 Å². The summed E-state index contributed by atoms with van der Waals surface area (Å²) in [7, 11) is 0. The van der Waals surface area contributed by atoms with Gasteiger partial charge in [-0.25, -0.2) is 4.39 Å². The van der Waals surface area contributed by atoms with E-state index in [1.54, 1.807) is 12.3 Å². The Kier molecular flexibility index (Phi) is 6.00. The summed E-state index contributed by atoms with van der Waals surface area (Å²) in [6, 6.07) is 9.14. The molecule has 150 valence electrons. The molecule has 0 bridgehead atoms. The average Bonchev–Trinajstić information content (AvgIpc) is 3.13. The largest absolute Gasteiger partial charge is 0.375 e. The van der Waals surface area contributed by atoms with Gasteiger partial charge in [0.2, 0.25) is 0 Å². The van der Waals surface area contributed by atoms with Crippen molar-refractivity contribution in [3.05, 3.63) is 64.7 Å². The van der Waals surface area contributed by atoms with E-state index in [9.17, 15) is 4.39 Å². The minimum Gasteiger partial charge on any atom is -0.375 e. The number of nitrogens with one attached hydrogen (secondary N) is 1. The second kappa shape index (κ2) is 8.48. The fraction of sp³-hybridized carbons (Fsp3) is 0.522. The summed E-state index contributed by atoms with van der Waals surface area (Å²) in [4.78, 5) is 4.14. The Balaban J connectivity index is 1.48. The molecule has 1 saturated carbocycles. The highest BCUT2D eigenvalue weighted by atomic mass is 35.5. The maximum atomic E-state index is 14.0. The maximum Gasteiger partial charge on any atom is 0.123 e. The molecule has 1 saturated heterocycles. The van der Waals surface area contributed by atoms with Crippen LogP contribution >= 0.6 is 11.6 Å². The molecule has 5 heteroatoms. The predicted octanol–water partition coefficient (Wildman–Crippen LogP) is 5.42. The number of benzene rings is 1. The number of aromatic nitrogens is 1. The zero-order valence-electron chi connectivity index (χ0n) is 16.2. The normalized spacial score (nSPS) is 23.9. The van der Waals surface area contributed by atoms with Crippen LogP contribution in [0.4, 0.5) is 4.39 Å². The van der Waals surface area contributed by atoms with Crippen molar-refractivity contribution in [2.45, 2.75) is 62.5 Å². The highest BCUT2D eigenvalue weighted by molar-refractivity contribution is 6.30. The summed E-state index contributed by atoms with van der Waals surface area (Å²) in [5.74, 6) is -0.151. The van der Waals surface area contributed by atoms with Crippen LogP contribution in [0.1, 0.15) is 56.1 Å². The lowest BCUT2D eigenvalue weighted by Crippen LogP contribution is -2.47. The molecule has 3 nitrogen and oxygen atoms in total. The van der Waals surface area contributed by atoms with Gasteiger partial charge in [-0.3, -0.25) is 4.98 Å². The second-order valence-corrected chi connectivity index (χ2v) is 8.83. The van der Waals surface area contributed by atoms with E-state index in [2.05, 4.69) is 16.4 Å². The van der Waals surface area contributed by atoms with Crippen LogP contribution in [0.25, 0.3) is 0 Å². The summed E-state index contributed by atoms with van der Waals surface area (Å²) in [5, 5.41) is 4.19. The zero-order valence-corrected chi connectivity index (χ0v) is 17.0. The third-order valence-electron chi connectivity index (χ3n) is 6.47. The van der Waals surface area contributed by atoms with Crippen LogP contribution in [-0.4, -0.2) is 23.7 Å². The van der Waals surface area contributed by atoms with Gasteiger partial charge < -0.3 is 10.1 Å². The lowest BCUT2D eigenvalue weighted by molar-refractivity contribution is -0.103. The lowest BCUT2D eigenvalue weighted by Gasteiger charge is -2.47. The predicted molar refractivity (Wildman–Crippen MR) is 110 cm³/mol. The highest BCUT2D eigenvalue weighted by Gasteiger charge is 2.47. The van der Waals surface area contributed by atoms with Crippen molar-refractivity contribution in [1.29, 1.82) is 0 Å². The van der Waals surface area contributed by atoms with Crippen molar-refractivity contribution in [2.24, 2.45) is 0 Å². The molecule has 1 atom stereocenters. The van der Waals surface area contributed by atoms with E-state index in [0.717, 1.165) is 62.9 Å². The quantitative estimate of drug-likeness (QED) is 0.655. The number of pyridine rings is 1. The molecule has 2 fully saturated rings. The number of ether oxygens (including phenoxy) is 1. The number of halogens is 2. The maximum absolute atomic E-state index is 14.0. The molecule has 1 N–H and O–H groups in total. The first-order valence-electron chi connectivity index (χ1n) is 10.3. The van der Waals surface area contributed by atoms with Crippen molar-refractivity contribution < 1.29 is 9.13 Å². The zero-order chi connectivity index (χ0) is 19.5. The van der Waals surface area contributed by atoms with E-state index < -0.39 is 0 Å². The van der Waals surface area contributed by atoms with Gasteiger partial charge in [0.1, 0.15) is 5.82 Å². The molecule has 0 radical (unpaired) electrons. The molecule has 1 aliphatic carbocycles. The van der Waals surface area contributed by atoms with Crippen LogP contribution in [0.5, 0.6) is 0 Å². The molecule has 2 aromatic rings. The van der Waals surface area contributed by atoms with Crippen LogP contribution in [-0.2, 0) is 16.7 Å². The minimum absolute atomic E-state index is 0.0125. The molecule has 1 aromatic carbocycles. The van der Waals surface area contributed by atoms with Gasteiger partial charge in [0, 0.05) is 31.0 Å². The van der Waals surface area contributed by atoms with Crippen molar-refractivity contribution in [1.82, 2.24) is 10.3 Å². The van der Waals surface area contributed by atoms with Gasteiger partial charge in [-0.1, -0.05) is 36.6 Å². The fourth-order valence-electron chi connectivity index (χ4n) is 5.09. The van der Waals surface area contributed by atoms with Crippen LogP contribution in [0, 0.1) is 5.82 Å². The molecule has 1 aliphatic heterocycles. The molecule has 1 spiro atoms. The van der Waals surface area contributed by atoms with Crippen molar-refractivity contribution >= 4 is 11.6 Å². The summed E-state index contributed by atoms with van der Waals surface area (Å²) in [5.41, 5.74) is 2.14. The SMILES string of the molecule is Fc1cccc([C@@]2(CCNCc3cncc(Cl)c3)CCOC3(CCCC3)C2)c1. The Hall–Kier alpha value is -1.49. The molecule has 2 heterocycles. The first-order valence-corrected chi connectivity index (χ1v) is 10.7. The van der Waals surface area contributed by atoms with E-state index in [4.69, 9.17) is 16.3 Å². The van der Waals surface area contributed by atoms with Gasteiger partial charge >= 0.3 is 0 Å². The average molecular weight is 403 g/mol. The smallest absolute Gasteiger partial charge is 0.123 e. The topological polar surface area (TPSA) is 34.2 Å². The summed E-state index contributed by atoms with van der Waals surface area (Å²) >= 11 is 6.03. The first kappa shape index (κ1) is 19.8. The minimum atomic E-state index is -0.151. The van der Waals surface area contributed by atoms with Crippen molar-refractivity contribution in [2.75, 3.05) is 13.2 Å². The van der Waals surface area contributed by atoms with Crippen LogP contribution < -0.4 is 5.32 Å². The number of rotatable bonds is 6. The third kappa shape index (κ3) is 4.40. The van der Waals surface area contributed by atoms with E-state index >= 15 is 0 Å². The molecular weight excluding hydrogens is 375 g/mol. The highest BCUT2D eigenvalue weighted by Crippen LogP contribution is 2.50. The summed E-state index contributed by atoms with van der Waals surface area (Å²) < 4.78 is 20.3. The van der Waals surface area contributed by atoms with Crippen molar-refractivity contribution in [3.8, 4) is 0 Å². The monoisotopic (exact) mass is 402 g/mol. The Morgan fingerprint density at radius 2 is 2.00 bits per heavy atom.